The van der Waals surface area contributed by atoms with Gasteiger partial charge in [0, 0.05) is 13.1 Å². The first-order chi connectivity index (χ1) is 6.27. The molecule has 0 aliphatic carbocycles. The zero-order valence-corrected chi connectivity index (χ0v) is 8.47. The summed E-state index contributed by atoms with van der Waals surface area (Å²) in [6, 6.07) is 4.79. The summed E-state index contributed by atoms with van der Waals surface area (Å²) in [4.78, 5) is 0. The van der Waals surface area contributed by atoms with Gasteiger partial charge in [-0.15, -0.1) is 0 Å². The molecule has 13 heavy (non-hydrogen) atoms. The lowest BCUT2D eigenvalue weighted by Crippen LogP contribution is -2.50. The second-order valence-electron chi connectivity index (χ2n) is 2.95. The van der Waals surface area contributed by atoms with Crippen LogP contribution in [0.4, 0.5) is 4.39 Å². The molecule has 0 atom stereocenters. The lowest BCUT2D eigenvalue weighted by atomic mass is 10.2. The van der Waals surface area contributed by atoms with Crippen molar-refractivity contribution in [2.45, 2.75) is 6.10 Å². The Morgan fingerprint density at radius 2 is 2.23 bits per heavy atom. The Labute approximate surface area is 84.2 Å². The van der Waals surface area contributed by atoms with Gasteiger partial charge >= 0.3 is 0 Å². The number of hydrogen-bond acceptors (Lipinski definition) is 2. The normalized spacial score (nSPS) is 16.8. The van der Waals surface area contributed by atoms with Crippen LogP contribution in [0.5, 0.6) is 5.75 Å². The molecule has 1 fully saturated rings. The van der Waals surface area contributed by atoms with Crippen LogP contribution in [-0.2, 0) is 0 Å². The van der Waals surface area contributed by atoms with Crippen LogP contribution in [0.1, 0.15) is 0 Å². The smallest absolute Gasteiger partial charge is 0.141 e. The average Bonchev–Trinajstić information content (AvgIpc) is 2.04. The standard InChI is InChI=1S/C9H9BrFNO/c10-9-7(11)2-1-3-8(9)13-6-4-12-5-6/h1-3,6,12H,4-5H2. The minimum atomic E-state index is -0.287. The number of rotatable bonds is 2. The monoisotopic (exact) mass is 245 g/mol. The summed E-state index contributed by atoms with van der Waals surface area (Å²) in [5.74, 6) is 0.288. The highest BCUT2D eigenvalue weighted by Gasteiger charge is 2.19. The molecule has 0 radical (unpaired) electrons. The molecule has 2 nitrogen and oxygen atoms in total. The molecule has 70 valence electrons. The third-order valence-corrected chi connectivity index (χ3v) is 2.72. The number of halogens is 2. The summed E-state index contributed by atoms with van der Waals surface area (Å²) >= 11 is 3.14. The second kappa shape index (κ2) is 3.64. The van der Waals surface area contributed by atoms with Gasteiger partial charge in [-0.2, -0.15) is 0 Å². The number of nitrogens with one attached hydrogen (secondary N) is 1. The highest BCUT2D eigenvalue weighted by atomic mass is 79.9. The van der Waals surface area contributed by atoms with Crippen molar-refractivity contribution in [3.05, 3.63) is 28.5 Å². The van der Waals surface area contributed by atoms with Crippen molar-refractivity contribution < 1.29 is 9.13 Å². The highest BCUT2D eigenvalue weighted by Crippen LogP contribution is 2.28. The van der Waals surface area contributed by atoms with E-state index in [0.29, 0.717) is 10.2 Å². The van der Waals surface area contributed by atoms with E-state index in [0.717, 1.165) is 13.1 Å². The van der Waals surface area contributed by atoms with Gasteiger partial charge in [-0.1, -0.05) is 6.07 Å². The van der Waals surface area contributed by atoms with Gasteiger partial charge in [0.05, 0.1) is 4.47 Å². The third kappa shape index (κ3) is 1.84. The predicted molar refractivity (Wildman–Crippen MR) is 51.4 cm³/mol. The van der Waals surface area contributed by atoms with Crippen molar-refractivity contribution in [1.29, 1.82) is 0 Å². The van der Waals surface area contributed by atoms with E-state index in [4.69, 9.17) is 4.74 Å². The fourth-order valence-corrected chi connectivity index (χ4v) is 1.46. The first-order valence-corrected chi connectivity index (χ1v) is 4.88. The lowest BCUT2D eigenvalue weighted by molar-refractivity contribution is 0.140. The van der Waals surface area contributed by atoms with E-state index in [9.17, 15) is 4.39 Å². The molecule has 0 unspecified atom stereocenters. The van der Waals surface area contributed by atoms with E-state index < -0.39 is 0 Å². The van der Waals surface area contributed by atoms with Crippen molar-refractivity contribution >= 4 is 15.9 Å². The molecule has 1 aliphatic heterocycles. The lowest BCUT2D eigenvalue weighted by Gasteiger charge is -2.28. The van der Waals surface area contributed by atoms with Gasteiger partial charge in [-0.05, 0) is 28.1 Å². The minimum absolute atomic E-state index is 0.179. The quantitative estimate of drug-likeness (QED) is 0.860. The van der Waals surface area contributed by atoms with Crippen molar-refractivity contribution in [2.24, 2.45) is 0 Å². The molecule has 1 saturated heterocycles. The van der Waals surface area contributed by atoms with Crippen LogP contribution in [0.3, 0.4) is 0 Å². The molecule has 1 aliphatic rings. The maximum absolute atomic E-state index is 13.0. The maximum atomic E-state index is 13.0. The van der Waals surface area contributed by atoms with E-state index in [1.165, 1.54) is 6.07 Å². The van der Waals surface area contributed by atoms with Gasteiger partial charge in [0.25, 0.3) is 0 Å². The molecule has 2 rings (SSSR count). The molecule has 1 heterocycles. The molecule has 4 heteroatoms. The van der Waals surface area contributed by atoms with Crippen LogP contribution in [0.15, 0.2) is 22.7 Å². The zero-order valence-electron chi connectivity index (χ0n) is 6.89. The van der Waals surface area contributed by atoms with E-state index in [1.54, 1.807) is 12.1 Å². The number of benzene rings is 1. The molecule has 1 aromatic rings. The van der Waals surface area contributed by atoms with Crippen LogP contribution in [-0.4, -0.2) is 19.2 Å². The van der Waals surface area contributed by atoms with Crippen LogP contribution < -0.4 is 10.1 Å². The summed E-state index contributed by atoms with van der Waals surface area (Å²) in [7, 11) is 0. The molecule has 0 aromatic heterocycles. The second-order valence-corrected chi connectivity index (χ2v) is 3.74. The molecule has 0 bridgehead atoms. The first-order valence-electron chi connectivity index (χ1n) is 4.09. The largest absolute Gasteiger partial charge is 0.486 e. The summed E-state index contributed by atoms with van der Waals surface area (Å²) < 4.78 is 18.9. The molecular formula is C9H9BrFNO. The van der Waals surface area contributed by atoms with Crippen molar-refractivity contribution in [3.63, 3.8) is 0 Å². The van der Waals surface area contributed by atoms with Gasteiger partial charge in [-0.3, -0.25) is 0 Å². The van der Waals surface area contributed by atoms with E-state index >= 15 is 0 Å². The van der Waals surface area contributed by atoms with E-state index in [1.807, 2.05) is 0 Å². The number of ether oxygens (including phenoxy) is 1. The Morgan fingerprint density at radius 3 is 2.85 bits per heavy atom. The van der Waals surface area contributed by atoms with Gasteiger partial charge in [0.1, 0.15) is 17.7 Å². The Hall–Kier alpha value is -0.610. The highest BCUT2D eigenvalue weighted by molar-refractivity contribution is 9.10. The Kier molecular flexibility index (Phi) is 2.51. The van der Waals surface area contributed by atoms with Crippen molar-refractivity contribution in [2.75, 3.05) is 13.1 Å². The Bertz CT molecular complexity index is 314. The average molecular weight is 246 g/mol. The van der Waals surface area contributed by atoms with Gasteiger partial charge < -0.3 is 10.1 Å². The molecule has 0 amide bonds. The van der Waals surface area contributed by atoms with Crippen molar-refractivity contribution in [3.8, 4) is 5.75 Å². The predicted octanol–water partition coefficient (Wildman–Crippen LogP) is 1.94. The van der Waals surface area contributed by atoms with Gasteiger partial charge in [0.2, 0.25) is 0 Å². The van der Waals surface area contributed by atoms with Crippen LogP contribution in [0, 0.1) is 5.82 Å². The minimum Gasteiger partial charge on any atom is -0.486 e. The van der Waals surface area contributed by atoms with Gasteiger partial charge in [0.15, 0.2) is 0 Å². The summed E-state index contributed by atoms with van der Waals surface area (Å²) in [5.41, 5.74) is 0. The van der Waals surface area contributed by atoms with Crippen LogP contribution in [0.2, 0.25) is 0 Å². The Morgan fingerprint density at radius 1 is 1.46 bits per heavy atom. The Balaban J connectivity index is 2.14. The van der Waals surface area contributed by atoms with Crippen molar-refractivity contribution in [1.82, 2.24) is 5.32 Å². The van der Waals surface area contributed by atoms with Gasteiger partial charge in [-0.25, -0.2) is 4.39 Å². The molecule has 1 aromatic carbocycles. The fraction of sp³-hybridized carbons (Fsp3) is 0.333. The molecule has 0 saturated carbocycles. The fourth-order valence-electron chi connectivity index (χ4n) is 1.10. The maximum Gasteiger partial charge on any atom is 0.141 e. The molecular weight excluding hydrogens is 237 g/mol. The van der Waals surface area contributed by atoms with E-state index in [2.05, 4.69) is 21.2 Å². The number of hydrogen-bond donors (Lipinski definition) is 1. The van der Waals surface area contributed by atoms with E-state index in [-0.39, 0.29) is 11.9 Å². The molecule has 1 N–H and O–H groups in total. The van der Waals surface area contributed by atoms with Crippen LogP contribution >= 0.6 is 15.9 Å². The van der Waals surface area contributed by atoms with Crippen LogP contribution in [0.25, 0.3) is 0 Å². The third-order valence-electron chi connectivity index (χ3n) is 1.95. The SMILES string of the molecule is Fc1cccc(OC2CNC2)c1Br. The summed E-state index contributed by atoms with van der Waals surface area (Å²) in [5, 5.41) is 3.08. The molecule has 0 spiro atoms. The summed E-state index contributed by atoms with van der Waals surface area (Å²) in [6.07, 6.45) is 0.179. The zero-order chi connectivity index (χ0) is 9.26. The topological polar surface area (TPSA) is 21.3 Å². The first kappa shape index (κ1) is 8.97. The summed E-state index contributed by atoms with van der Waals surface area (Å²) in [6.45, 7) is 1.67.